The summed E-state index contributed by atoms with van der Waals surface area (Å²) >= 11 is 6.47. The molecule has 3 rings (SSSR count). The number of unbranched alkanes of at least 4 members (excludes halogenated alkanes) is 1. The van der Waals surface area contributed by atoms with Gasteiger partial charge in [0.2, 0.25) is 5.91 Å². The Morgan fingerprint density at radius 1 is 1.36 bits per heavy atom. The lowest BCUT2D eigenvalue weighted by Gasteiger charge is -2.21. The Morgan fingerprint density at radius 2 is 2.07 bits per heavy atom. The highest BCUT2D eigenvalue weighted by Crippen LogP contribution is 2.29. The molecule has 0 bridgehead atoms. The summed E-state index contributed by atoms with van der Waals surface area (Å²) in [5, 5.41) is 5.10. The van der Waals surface area contributed by atoms with Gasteiger partial charge >= 0.3 is 0 Å². The Morgan fingerprint density at radius 3 is 2.68 bits per heavy atom. The minimum atomic E-state index is 0.00935. The Bertz CT molecular complexity index is 838. The quantitative estimate of drug-likeness (QED) is 0.564. The fourth-order valence-electron chi connectivity index (χ4n) is 3.16. The first-order valence-corrected chi connectivity index (χ1v) is 10.3. The third kappa shape index (κ3) is 4.96. The zero-order chi connectivity index (χ0) is 20.1. The summed E-state index contributed by atoms with van der Waals surface area (Å²) in [6.45, 7) is 5.46. The fraction of sp³-hybridized carbons (Fsp3) is 0.455. The molecule has 2 aromatic rings. The Balaban J connectivity index is 1.71. The summed E-state index contributed by atoms with van der Waals surface area (Å²) in [5.41, 5.74) is 2.76. The number of carbonyl (C=O) groups excluding carboxylic acids is 1. The standard InChI is InChI=1S/C22H28ClN3O2/c1-4-5-14-26-22(23)20(16(2)24-26)12-13-21(27)25(18-8-9-18)15-17-6-10-19(28-3)11-7-17/h6-7,10-13,18H,4-5,8-9,14-15H2,1-3H3/b13-12+. The van der Waals surface area contributed by atoms with Crippen LogP contribution in [0.15, 0.2) is 30.3 Å². The van der Waals surface area contributed by atoms with Gasteiger partial charge in [0.15, 0.2) is 0 Å². The van der Waals surface area contributed by atoms with E-state index in [9.17, 15) is 4.79 Å². The zero-order valence-electron chi connectivity index (χ0n) is 16.8. The number of hydrogen-bond acceptors (Lipinski definition) is 3. The van der Waals surface area contributed by atoms with Gasteiger partial charge in [-0.05, 0) is 50.0 Å². The third-order valence-corrected chi connectivity index (χ3v) is 5.41. The minimum absolute atomic E-state index is 0.00935. The third-order valence-electron chi connectivity index (χ3n) is 5.01. The molecule has 1 saturated carbocycles. The number of amides is 1. The molecule has 1 heterocycles. The van der Waals surface area contributed by atoms with Crippen molar-refractivity contribution in [3.05, 3.63) is 52.3 Å². The lowest BCUT2D eigenvalue weighted by Crippen LogP contribution is -2.31. The van der Waals surface area contributed by atoms with E-state index in [1.807, 2.05) is 40.8 Å². The lowest BCUT2D eigenvalue weighted by molar-refractivity contribution is -0.127. The van der Waals surface area contributed by atoms with Crippen LogP contribution in [0.25, 0.3) is 6.08 Å². The molecule has 1 aromatic heterocycles. The SMILES string of the molecule is CCCCn1nc(C)c(/C=C/C(=O)N(Cc2ccc(OC)cc2)C2CC2)c1Cl. The first-order chi connectivity index (χ1) is 13.5. The summed E-state index contributed by atoms with van der Waals surface area (Å²) in [4.78, 5) is 14.8. The van der Waals surface area contributed by atoms with Crippen LogP contribution in [0.5, 0.6) is 5.75 Å². The van der Waals surface area contributed by atoms with Gasteiger partial charge < -0.3 is 9.64 Å². The summed E-state index contributed by atoms with van der Waals surface area (Å²) < 4.78 is 7.03. The van der Waals surface area contributed by atoms with Crippen LogP contribution in [-0.2, 0) is 17.9 Å². The molecule has 0 radical (unpaired) electrons. The van der Waals surface area contributed by atoms with Gasteiger partial charge in [-0.25, -0.2) is 0 Å². The zero-order valence-corrected chi connectivity index (χ0v) is 17.6. The maximum absolute atomic E-state index is 12.9. The number of rotatable bonds is 9. The molecule has 0 N–H and O–H groups in total. The van der Waals surface area contributed by atoms with E-state index in [1.54, 1.807) is 19.3 Å². The molecule has 0 atom stereocenters. The van der Waals surface area contributed by atoms with E-state index < -0.39 is 0 Å². The van der Waals surface area contributed by atoms with Gasteiger partial charge in [0, 0.05) is 30.8 Å². The van der Waals surface area contributed by atoms with Gasteiger partial charge in [0.1, 0.15) is 10.9 Å². The van der Waals surface area contributed by atoms with Crippen molar-refractivity contribution in [1.82, 2.24) is 14.7 Å². The second kappa shape index (κ2) is 9.28. The molecule has 1 amide bonds. The molecule has 0 aliphatic heterocycles. The molecular formula is C22H28ClN3O2. The van der Waals surface area contributed by atoms with Gasteiger partial charge in [-0.15, -0.1) is 0 Å². The topological polar surface area (TPSA) is 47.4 Å². The highest BCUT2D eigenvalue weighted by molar-refractivity contribution is 6.31. The van der Waals surface area contributed by atoms with E-state index in [0.717, 1.165) is 54.8 Å². The van der Waals surface area contributed by atoms with Crippen LogP contribution >= 0.6 is 11.6 Å². The van der Waals surface area contributed by atoms with Crippen LogP contribution in [0.4, 0.5) is 0 Å². The average molecular weight is 402 g/mol. The summed E-state index contributed by atoms with van der Waals surface area (Å²) in [6, 6.07) is 8.18. The molecule has 28 heavy (non-hydrogen) atoms. The van der Waals surface area contributed by atoms with Crippen LogP contribution in [0.1, 0.15) is 49.4 Å². The maximum Gasteiger partial charge on any atom is 0.247 e. The van der Waals surface area contributed by atoms with Gasteiger partial charge in [-0.1, -0.05) is 37.1 Å². The fourth-order valence-corrected chi connectivity index (χ4v) is 3.49. The van der Waals surface area contributed by atoms with Crippen molar-refractivity contribution >= 4 is 23.6 Å². The van der Waals surface area contributed by atoms with E-state index in [0.29, 0.717) is 17.7 Å². The Kier molecular flexibility index (Phi) is 6.79. The molecule has 0 unspecified atom stereocenters. The molecule has 1 aliphatic rings. The largest absolute Gasteiger partial charge is 0.497 e. The number of hydrogen-bond donors (Lipinski definition) is 0. The average Bonchev–Trinajstić information content (AvgIpc) is 3.50. The van der Waals surface area contributed by atoms with E-state index >= 15 is 0 Å². The second-order valence-electron chi connectivity index (χ2n) is 7.25. The number of ether oxygens (including phenoxy) is 1. The molecule has 150 valence electrons. The summed E-state index contributed by atoms with van der Waals surface area (Å²) in [5.74, 6) is 0.827. The second-order valence-corrected chi connectivity index (χ2v) is 7.60. The molecule has 1 aliphatic carbocycles. The maximum atomic E-state index is 12.9. The predicted molar refractivity (Wildman–Crippen MR) is 112 cm³/mol. The monoisotopic (exact) mass is 401 g/mol. The van der Waals surface area contributed by atoms with E-state index in [1.165, 1.54) is 0 Å². The van der Waals surface area contributed by atoms with Crippen molar-refractivity contribution in [2.45, 2.75) is 58.7 Å². The minimum Gasteiger partial charge on any atom is -0.497 e. The molecule has 0 saturated heterocycles. The number of halogens is 1. The van der Waals surface area contributed by atoms with Crippen molar-refractivity contribution in [2.75, 3.05) is 7.11 Å². The summed E-state index contributed by atoms with van der Waals surface area (Å²) in [6.07, 6.45) is 7.66. The van der Waals surface area contributed by atoms with Gasteiger partial charge in [-0.2, -0.15) is 5.10 Å². The van der Waals surface area contributed by atoms with Crippen LogP contribution < -0.4 is 4.74 Å². The van der Waals surface area contributed by atoms with Crippen LogP contribution in [0, 0.1) is 6.92 Å². The normalized spacial score (nSPS) is 13.9. The van der Waals surface area contributed by atoms with Crippen LogP contribution in [0.2, 0.25) is 5.15 Å². The highest BCUT2D eigenvalue weighted by Gasteiger charge is 2.31. The van der Waals surface area contributed by atoms with Crippen molar-refractivity contribution in [3.8, 4) is 5.75 Å². The molecule has 5 nitrogen and oxygen atoms in total. The molecule has 1 fully saturated rings. The van der Waals surface area contributed by atoms with E-state index in [-0.39, 0.29) is 5.91 Å². The molecular weight excluding hydrogens is 374 g/mol. The first kappa shape index (κ1) is 20.5. The molecule has 6 heteroatoms. The van der Waals surface area contributed by atoms with E-state index in [2.05, 4.69) is 12.0 Å². The number of benzene rings is 1. The summed E-state index contributed by atoms with van der Waals surface area (Å²) in [7, 11) is 1.65. The highest BCUT2D eigenvalue weighted by atomic mass is 35.5. The molecule has 1 aromatic carbocycles. The lowest BCUT2D eigenvalue weighted by atomic mass is 10.2. The first-order valence-electron chi connectivity index (χ1n) is 9.88. The van der Waals surface area contributed by atoms with Gasteiger partial charge in [-0.3, -0.25) is 9.48 Å². The Labute approximate surface area is 171 Å². The smallest absolute Gasteiger partial charge is 0.247 e. The predicted octanol–water partition coefficient (Wildman–Crippen LogP) is 4.86. The van der Waals surface area contributed by atoms with Gasteiger partial charge in [0.25, 0.3) is 0 Å². The van der Waals surface area contributed by atoms with E-state index in [4.69, 9.17) is 16.3 Å². The van der Waals surface area contributed by atoms with Gasteiger partial charge in [0.05, 0.1) is 12.8 Å². The number of carbonyl (C=O) groups is 1. The number of aromatic nitrogens is 2. The van der Waals surface area contributed by atoms with Crippen molar-refractivity contribution in [3.63, 3.8) is 0 Å². The molecule has 0 spiro atoms. The van der Waals surface area contributed by atoms with Crippen molar-refractivity contribution in [2.24, 2.45) is 0 Å². The van der Waals surface area contributed by atoms with Crippen LogP contribution in [0.3, 0.4) is 0 Å². The van der Waals surface area contributed by atoms with Crippen LogP contribution in [-0.4, -0.2) is 33.7 Å². The Hall–Kier alpha value is -2.27. The van der Waals surface area contributed by atoms with Crippen molar-refractivity contribution < 1.29 is 9.53 Å². The number of nitrogens with zero attached hydrogens (tertiary/aromatic N) is 3. The van der Waals surface area contributed by atoms with Crippen molar-refractivity contribution in [1.29, 1.82) is 0 Å². The number of aryl methyl sites for hydroxylation is 2. The number of methoxy groups -OCH3 is 1.